The summed E-state index contributed by atoms with van der Waals surface area (Å²) in [4.78, 5) is 25.8. The molecule has 0 aliphatic heterocycles. The molecule has 2 aromatic rings. The summed E-state index contributed by atoms with van der Waals surface area (Å²) >= 11 is 0. The van der Waals surface area contributed by atoms with Gasteiger partial charge in [-0.3, -0.25) is 15.0 Å². The van der Waals surface area contributed by atoms with Crippen LogP contribution in [-0.4, -0.2) is 29.9 Å². The molecule has 2 rings (SSSR count). The number of carbonyl (C=O) groups is 2. The third-order valence-electron chi connectivity index (χ3n) is 3.41. The zero-order valence-corrected chi connectivity index (χ0v) is 13.8. The van der Waals surface area contributed by atoms with Crippen LogP contribution in [0.2, 0.25) is 0 Å². The van der Waals surface area contributed by atoms with Gasteiger partial charge in [-0.05, 0) is 30.7 Å². The minimum absolute atomic E-state index is 0.177. The van der Waals surface area contributed by atoms with Crippen LogP contribution in [0.5, 0.6) is 0 Å². The van der Waals surface area contributed by atoms with Crippen LogP contribution in [0.3, 0.4) is 0 Å². The molecule has 1 heterocycles. The quantitative estimate of drug-likeness (QED) is 0.780. The van der Waals surface area contributed by atoms with E-state index in [2.05, 4.69) is 17.6 Å². The number of hydrogen-bond acceptors (Lipinski definition) is 4. The number of hydrogen-bond donors (Lipinski definition) is 2. The van der Waals surface area contributed by atoms with Gasteiger partial charge >= 0.3 is 6.03 Å². The summed E-state index contributed by atoms with van der Waals surface area (Å²) in [5, 5.41) is 4.93. The summed E-state index contributed by atoms with van der Waals surface area (Å²) in [5.74, 6) is 0.311. The fourth-order valence-corrected chi connectivity index (χ4v) is 2.37. The number of amides is 3. The van der Waals surface area contributed by atoms with Crippen molar-refractivity contribution < 1.29 is 14.0 Å². The second-order valence-electron chi connectivity index (χ2n) is 5.51. The molecule has 6 heteroatoms. The number of urea groups is 1. The van der Waals surface area contributed by atoms with E-state index >= 15 is 0 Å². The van der Waals surface area contributed by atoms with Crippen molar-refractivity contribution in [3.63, 3.8) is 0 Å². The topological polar surface area (TPSA) is 74.6 Å². The third kappa shape index (κ3) is 6.26. The van der Waals surface area contributed by atoms with Gasteiger partial charge in [-0.1, -0.05) is 37.3 Å². The van der Waals surface area contributed by atoms with E-state index in [1.807, 2.05) is 35.2 Å². The van der Waals surface area contributed by atoms with Crippen LogP contribution in [0.15, 0.2) is 53.1 Å². The Labute approximate surface area is 141 Å². The lowest BCUT2D eigenvalue weighted by Crippen LogP contribution is -2.44. The van der Waals surface area contributed by atoms with Crippen LogP contribution >= 0.6 is 0 Å². The number of nitrogens with one attached hydrogen (secondary N) is 2. The van der Waals surface area contributed by atoms with Crippen LogP contribution in [0, 0.1) is 0 Å². The lowest BCUT2D eigenvalue weighted by atomic mass is 10.2. The molecular formula is C18H23N3O3. The molecule has 0 aliphatic rings. The Morgan fingerprint density at radius 2 is 1.92 bits per heavy atom. The van der Waals surface area contributed by atoms with E-state index < -0.39 is 6.03 Å². The van der Waals surface area contributed by atoms with Crippen molar-refractivity contribution in [2.45, 2.75) is 26.4 Å². The van der Waals surface area contributed by atoms with E-state index in [0.717, 1.165) is 18.5 Å². The summed E-state index contributed by atoms with van der Waals surface area (Å²) in [6, 6.07) is 12.9. The van der Waals surface area contributed by atoms with Gasteiger partial charge in [0.2, 0.25) is 5.91 Å². The summed E-state index contributed by atoms with van der Waals surface area (Å²) in [6.45, 7) is 3.95. The van der Waals surface area contributed by atoms with Gasteiger partial charge < -0.3 is 9.73 Å². The molecule has 0 fully saturated rings. The zero-order valence-electron chi connectivity index (χ0n) is 13.8. The predicted octanol–water partition coefficient (Wildman–Crippen LogP) is 2.52. The molecule has 1 aromatic heterocycles. The molecule has 0 unspecified atom stereocenters. The Morgan fingerprint density at radius 1 is 1.12 bits per heavy atom. The van der Waals surface area contributed by atoms with Gasteiger partial charge in [0.15, 0.2) is 0 Å². The van der Waals surface area contributed by atoms with Crippen LogP contribution in [0.25, 0.3) is 0 Å². The molecule has 2 N–H and O–H groups in total. The SMILES string of the molecule is CCCN(CC(=O)NC(=O)NCc1ccco1)Cc1ccccc1. The molecule has 24 heavy (non-hydrogen) atoms. The highest BCUT2D eigenvalue weighted by Gasteiger charge is 2.13. The van der Waals surface area contributed by atoms with Crippen molar-refractivity contribution in [1.29, 1.82) is 0 Å². The number of furan rings is 1. The fraction of sp³-hybridized carbons (Fsp3) is 0.333. The molecule has 0 bridgehead atoms. The van der Waals surface area contributed by atoms with Crippen LogP contribution < -0.4 is 10.6 Å². The molecule has 0 spiro atoms. The first-order valence-electron chi connectivity index (χ1n) is 8.03. The average Bonchev–Trinajstić information content (AvgIpc) is 3.07. The molecule has 128 valence electrons. The number of rotatable bonds is 8. The molecule has 6 nitrogen and oxygen atoms in total. The van der Waals surface area contributed by atoms with Crippen molar-refractivity contribution in [2.75, 3.05) is 13.1 Å². The zero-order chi connectivity index (χ0) is 17.2. The van der Waals surface area contributed by atoms with E-state index in [-0.39, 0.29) is 19.0 Å². The summed E-state index contributed by atoms with van der Waals surface area (Å²) < 4.78 is 5.12. The van der Waals surface area contributed by atoms with E-state index in [4.69, 9.17) is 4.42 Å². The average molecular weight is 329 g/mol. The highest BCUT2D eigenvalue weighted by Crippen LogP contribution is 2.05. The Morgan fingerprint density at radius 3 is 2.58 bits per heavy atom. The van der Waals surface area contributed by atoms with E-state index in [0.29, 0.717) is 12.3 Å². The minimum atomic E-state index is -0.521. The van der Waals surface area contributed by atoms with Gasteiger partial charge in [-0.25, -0.2) is 4.79 Å². The van der Waals surface area contributed by atoms with Crippen LogP contribution in [0.4, 0.5) is 4.79 Å². The maximum atomic E-state index is 12.1. The molecule has 3 amide bonds. The normalized spacial score (nSPS) is 10.6. The Kier molecular flexibility index (Phi) is 7.04. The molecular weight excluding hydrogens is 306 g/mol. The number of nitrogens with zero attached hydrogens (tertiary/aromatic N) is 1. The Balaban J connectivity index is 1.78. The largest absolute Gasteiger partial charge is 0.467 e. The van der Waals surface area contributed by atoms with Gasteiger partial charge in [-0.15, -0.1) is 0 Å². The highest BCUT2D eigenvalue weighted by atomic mass is 16.3. The van der Waals surface area contributed by atoms with Gasteiger partial charge in [-0.2, -0.15) is 0 Å². The summed E-state index contributed by atoms with van der Waals surface area (Å²) in [7, 11) is 0. The van der Waals surface area contributed by atoms with Crippen molar-refractivity contribution in [3.8, 4) is 0 Å². The molecule has 0 radical (unpaired) electrons. The van der Waals surface area contributed by atoms with Gasteiger partial charge in [0.05, 0.1) is 19.4 Å². The second kappa shape index (κ2) is 9.52. The van der Waals surface area contributed by atoms with Crippen LogP contribution in [-0.2, 0) is 17.9 Å². The van der Waals surface area contributed by atoms with Gasteiger partial charge in [0, 0.05) is 6.54 Å². The highest BCUT2D eigenvalue weighted by molar-refractivity contribution is 5.95. The Hall–Kier alpha value is -2.60. The standard InChI is InChI=1S/C18H23N3O3/c1-2-10-21(13-15-7-4-3-5-8-15)14-17(22)20-18(23)19-12-16-9-6-11-24-16/h3-9,11H,2,10,12-14H2,1H3,(H2,19,20,22,23). The number of carbonyl (C=O) groups excluding carboxylic acids is 2. The molecule has 0 saturated heterocycles. The monoisotopic (exact) mass is 329 g/mol. The van der Waals surface area contributed by atoms with Crippen molar-refractivity contribution in [3.05, 3.63) is 60.1 Å². The number of benzene rings is 1. The van der Waals surface area contributed by atoms with E-state index in [9.17, 15) is 9.59 Å². The maximum absolute atomic E-state index is 12.1. The van der Waals surface area contributed by atoms with Crippen molar-refractivity contribution in [2.24, 2.45) is 0 Å². The lowest BCUT2D eigenvalue weighted by Gasteiger charge is -2.21. The van der Waals surface area contributed by atoms with Gasteiger partial charge in [0.25, 0.3) is 0 Å². The van der Waals surface area contributed by atoms with Gasteiger partial charge in [0.1, 0.15) is 5.76 Å². The molecule has 0 saturated carbocycles. The maximum Gasteiger partial charge on any atom is 0.321 e. The Bertz CT molecular complexity index is 626. The minimum Gasteiger partial charge on any atom is -0.467 e. The molecule has 1 aromatic carbocycles. The number of imide groups is 1. The third-order valence-corrected chi connectivity index (χ3v) is 3.41. The van der Waals surface area contributed by atoms with Crippen molar-refractivity contribution >= 4 is 11.9 Å². The summed E-state index contributed by atoms with van der Waals surface area (Å²) in [5.41, 5.74) is 1.14. The first kappa shape index (κ1) is 17.7. The lowest BCUT2D eigenvalue weighted by molar-refractivity contribution is -0.121. The van der Waals surface area contributed by atoms with Crippen molar-refractivity contribution in [1.82, 2.24) is 15.5 Å². The van der Waals surface area contributed by atoms with E-state index in [1.54, 1.807) is 12.1 Å². The molecule has 0 aliphatic carbocycles. The first-order valence-corrected chi connectivity index (χ1v) is 8.03. The fourth-order valence-electron chi connectivity index (χ4n) is 2.37. The van der Waals surface area contributed by atoms with Crippen LogP contribution in [0.1, 0.15) is 24.7 Å². The molecule has 0 atom stereocenters. The second-order valence-corrected chi connectivity index (χ2v) is 5.51. The summed E-state index contributed by atoms with van der Waals surface area (Å²) in [6.07, 6.45) is 2.47. The predicted molar refractivity (Wildman–Crippen MR) is 91.1 cm³/mol. The first-order chi connectivity index (χ1) is 11.7. The van der Waals surface area contributed by atoms with E-state index in [1.165, 1.54) is 6.26 Å². The smallest absolute Gasteiger partial charge is 0.321 e.